The number of hydrogen-bond acceptors (Lipinski definition) is 1. The Morgan fingerprint density at radius 2 is 1.86 bits per heavy atom. The van der Waals surface area contributed by atoms with Gasteiger partial charge in [0, 0.05) is 18.6 Å². The van der Waals surface area contributed by atoms with E-state index in [0.717, 1.165) is 23.9 Å². The Balaban J connectivity index is 1.79. The largest absolute Gasteiger partial charge is 0.293 e. The van der Waals surface area contributed by atoms with E-state index >= 15 is 0 Å². The predicted octanol–water partition coefficient (Wildman–Crippen LogP) is 5.26. The van der Waals surface area contributed by atoms with Crippen molar-refractivity contribution in [3.63, 3.8) is 0 Å². The van der Waals surface area contributed by atoms with Gasteiger partial charge in [-0.3, -0.25) is 4.90 Å². The Morgan fingerprint density at radius 1 is 1.05 bits per heavy atom. The van der Waals surface area contributed by atoms with E-state index in [4.69, 9.17) is 0 Å². The number of fused-ring (bicyclic) bond motifs is 1. The van der Waals surface area contributed by atoms with Crippen molar-refractivity contribution in [2.75, 3.05) is 0 Å². The molecule has 1 nitrogen and oxygen atoms in total. The third-order valence-electron chi connectivity index (χ3n) is 5.94. The molecule has 0 N–H and O–H groups in total. The first-order valence-electron chi connectivity index (χ1n) is 9.09. The predicted molar refractivity (Wildman–Crippen MR) is 90.2 cm³/mol. The van der Waals surface area contributed by atoms with E-state index in [9.17, 15) is 0 Å². The molecule has 1 aromatic rings. The van der Waals surface area contributed by atoms with Crippen LogP contribution in [0.2, 0.25) is 0 Å². The minimum atomic E-state index is 0.821. The lowest BCUT2D eigenvalue weighted by molar-refractivity contribution is -0.0167. The van der Waals surface area contributed by atoms with Crippen LogP contribution in [0.4, 0.5) is 0 Å². The zero-order valence-corrected chi connectivity index (χ0v) is 13.8. The highest BCUT2D eigenvalue weighted by Crippen LogP contribution is 2.42. The van der Waals surface area contributed by atoms with Gasteiger partial charge in [0.15, 0.2) is 0 Å². The molecule has 0 unspecified atom stereocenters. The summed E-state index contributed by atoms with van der Waals surface area (Å²) in [5, 5.41) is 0. The van der Waals surface area contributed by atoms with Crippen molar-refractivity contribution in [3.05, 3.63) is 35.9 Å². The maximum absolute atomic E-state index is 2.89. The van der Waals surface area contributed by atoms with Crippen LogP contribution in [0.5, 0.6) is 0 Å². The van der Waals surface area contributed by atoms with Crippen molar-refractivity contribution < 1.29 is 0 Å². The standard InChI is InChI=1S/C20H31N/c1-3-8-18-13-14-19-16(2)9-7-12-20(19)21(18)15-17-10-5-4-6-11-17/h4-6,10-11,16,18-20H,3,7-9,12-15H2,1-2H3/t16-,18-,19+,20+/m0/s1. The molecular formula is C20H31N. The highest BCUT2D eigenvalue weighted by atomic mass is 15.2. The van der Waals surface area contributed by atoms with Crippen LogP contribution in [0.25, 0.3) is 0 Å². The Labute approximate surface area is 130 Å². The van der Waals surface area contributed by atoms with E-state index in [1.165, 1.54) is 57.1 Å². The molecule has 1 heterocycles. The van der Waals surface area contributed by atoms with Crippen LogP contribution >= 0.6 is 0 Å². The Hall–Kier alpha value is -0.820. The van der Waals surface area contributed by atoms with Gasteiger partial charge in [-0.25, -0.2) is 0 Å². The highest BCUT2D eigenvalue weighted by Gasteiger charge is 2.40. The van der Waals surface area contributed by atoms with Gasteiger partial charge in [-0.15, -0.1) is 0 Å². The molecule has 2 fully saturated rings. The summed E-state index contributed by atoms with van der Waals surface area (Å²) in [4.78, 5) is 2.89. The molecule has 0 amide bonds. The van der Waals surface area contributed by atoms with E-state index in [0.29, 0.717) is 0 Å². The molecule has 116 valence electrons. The summed E-state index contributed by atoms with van der Waals surface area (Å²) in [6.45, 7) is 6.01. The molecule has 2 aliphatic rings. The van der Waals surface area contributed by atoms with Gasteiger partial charge in [0.2, 0.25) is 0 Å². The molecule has 1 saturated carbocycles. The van der Waals surface area contributed by atoms with Crippen LogP contribution in [0.3, 0.4) is 0 Å². The minimum absolute atomic E-state index is 0.821. The molecule has 0 aromatic heterocycles. The molecule has 1 aromatic carbocycles. The topological polar surface area (TPSA) is 3.24 Å². The van der Waals surface area contributed by atoms with Crippen molar-refractivity contribution in [2.24, 2.45) is 11.8 Å². The Morgan fingerprint density at radius 3 is 2.62 bits per heavy atom. The second-order valence-electron chi connectivity index (χ2n) is 7.32. The Kier molecular flexibility index (Phi) is 5.00. The van der Waals surface area contributed by atoms with Gasteiger partial charge >= 0.3 is 0 Å². The molecule has 1 saturated heterocycles. The summed E-state index contributed by atoms with van der Waals surface area (Å²) in [7, 11) is 0. The van der Waals surface area contributed by atoms with E-state index in [1.807, 2.05) is 0 Å². The molecule has 4 atom stereocenters. The van der Waals surface area contributed by atoms with E-state index < -0.39 is 0 Å². The summed E-state index contributed by atoms with van der Waals surface area (Å²) in [6, 6.07) is 12.8. The van der Waals surface area contributed by atoms with Crippen LogP contribution in [-0.2, 0) is 6.54 Å². The van der Waals surface area contributed by atoms with Crippen molar-refractivity contribution >= 4 is 0 Å². The van der Waals surface area contributed by atoms with E-state index in [-0.39, 0.29) is 0 Å². The number of rotatable bonds is 4. The second-order valence-corrected chi connectivity index (χ2v) is 7.32. The Bertz CT molecular complexity index is 427. The summed E-state index contributed by atoms with van der Waals surface area (Å²) >= 11 is 0. The fraction of sp³-hybridized carbons (Fsp3) is 0.700. The van der Waals surface area contributed by atoms with Crippen molar-refractivity contribution in [1.29, 1.82) is 0 Å². The molecule has 1 aliphatic carbocycles. The fourth-order valence-electron chi connectivity index (χ4n) is 4.85. The minimum Gasteiger partial charge on any atom is -0.293 e. The molecule has 1 aliphatic heterocycles. The molecular weight excluding hydrogens is 254 g/mol. The first-order chi connectivity index (χ1) is 10.3. The summed E-state index contributed by atoms with van der Waals surface area (Å²) in [5.41, 5.74) is 1.50. The van der Waals surface area contributed by atoms with E-state index in [1.54, 1.807) is 0 Å². The third kappa shape index (κ3) is 3.34. The van der Waals surface area contributed by atoms with E-state index in [2.05, 4.69) is 49.1 Å². The van der Waals surface area contributed by atoms with Gasteiger partial charge in [-0.05, 0) is 43.1 Å². The van der Waals surface area contributed by atoms with Crippen molar-refractivity contribution in [1.82, 2.24) is 4.90 Å². The number of hydrogen-bond donors (Lipinski definition) is 0. The number of piperidine rings is 1. The average molecular weight is 285 g/mol. The van der Waals surface area contributed by atoms with Crippen molar-refractivity contribution in [2.45, 2.75) is 77.4 Å². The summed E-state index contributed by atoms with van der Waals surface area (Å²) in [6.07, 6.45) is 9.93. The zero-order chi connectivity index (χ0) is 14.7. The van der Waals surface area contributed by atoms with Crippen LogP contribution in [0.15, 0.2) is 30.3 Å². The zero-order valence-electron chi connectivity index (χ0n) is 13.8. The average Bonchev–Trinajstić information content (AvgIpc) is 2.51. The first kappa shape index (κ1) is 15.1. The van der Waals surface area contributed by atoms with Crippen molar-refractivity contribution in [3.8, 4) is 0 Å². The van der Waals surface area contributed by atoms with Gasteiger partial charge in [-0.1, -0.05) is 63.4 Å². The van der Waals surface area contributed by atoms with Gasteiger partial charge in [0.1, 0.15) is 0 Å². The van der Waals surface area contributed by atoms with Crippen LogP contribution < -0.4 is 0 Å². The number of likely N-dealkylation sites (tertiary alicyclic amines) is 1. The van der Waals surface area contributed by atoms with Gasteiger partial charge in [-0.2, -0.15) is 0 Å². The first-order valence-corrected chi connectivity index (χ1v) is 9.09. The quantitative estimate of drug-likeness (QED) is 0.729. The molecule has 0 spiro atoms. The molecule has 1 heteroatoms. The van der Waals surface area contributed by atoms with Gasteiger partial charge < -0.3 is 0 Å². The molecule has 0 radical (unpaired) electrons. The summed E-state index contributed by atoms with van der Waals surface area (Å²) in [5.74, 6) is 1.89. The molecule has 3 rings (SSSR count). The number of nitrogens with zero attached hydrogens (tertiary/aromatic N) is 1. The molecule has 0 bridgehead atoms. The lowest BCUT2D eigenvalue weighted by Crippen LogP contribution is -2.53. The van der Waals surface area contributed by atoms with Crippen LogP contribution in [0.1, 0.15) is 64.4 Å². The fourth-order valence-corrected chi connectivity index (χ4v) is 4.85. The highest BCUT2D eigenvalue weighted by molar-refractivity contribution is 5.15. The smallest absolute Gasteiger partial charge is 0.0239 e. The van der Waals surface area contributed by atoms with Crippen LogP contribution in [-0.4, -0.2) is 17.0 Å². The normalized spacial score (nSPS) is 33.6. The third-order valence-corrected chi connectivity index (χ3v) is 5.94. The number of benzene rings is 1. The maximum atomic E-state index is 2.89. The SMILES string of the molecule is CCC[C@H]1CC[C@H]2[C@@H](CCC[C@@H]2C)N1Cc1ccccc1. The lowest BCUT2D eigenvalue weighted by atomic mass is 9.70. The summed E-state index contributed by atoms with van der Waals surface area (Å²) < 4.78 is 0. The lowest BCUT2D eigenvalue weighted by Gasteiger charge is -2.51. The maximum Gasteiger partial charge on any atom is 0.0239 e. The van der Waals surface area contributed by atoms with Gasteiger partial charge in [0.25, 0.3) is 0 Å². The van der Waals surface area contributed by atoms with Crippen LogP contribution in [0, 0.1) is 11.8 Å². The van der Waals surface area contributed by atoms with Gasteiger partial charge in [0.05, 0.1) is 0 Å². The second kappa shape index (κ2) is 6.96. The molecule has 21 heavy (non-hydrogen) atoms. The monoisotopic (exact) mass is 285 g/mol.